The van der Waals surface area contributed by atoms with E-state index in [0.717, 1.165) is 6.54 Å². The molecule has 0 spiro atoms. The van der Waals surface area contributed by atoms with Gasteiger partial charge >= 0.3 is 0 Å². The van der Waals surface area contributed by atoms with E-state index < -0.39 is 0 Å². The fraction of sp³-hybridized carbons (Fsp3) is 0.364. The first-order chi connectivity index (χ1) is 9.19. The second-order valence-corrected chi connectivity index (χ2v) is 3.75. The van der Waals surface area contributed by atoms with Crippen molar-refractivity contribution in [1.82, 2.24) is 25.7 Å². The van der Waals surface area contributed by atoms with E-state index in [9.17, 15) is 4.79 Å². The second kappa shape index (κ2) is 5.89. The van der Waals surface area contributed by atoms with Crippen LogP contribution in [0.2, 0.25) is 0 Å². The number of amides is 1. The van der Waals surface area contributed by atoms with Crippen LogP contribution in [-0.2, 0) is 6.54 Å². The van der Waals surface area contributed by atoms with Crippen molar-refractivity contribution in [1.29, 1.82) is 0 Å². The molecule has 0 atom stereocenters. The van der Waals surface area contributed by atoms with Crippen LogP contribution < -0.4 is 10.6 Å². The molecule has 2 aromatic heterocycles. The summed E-state index contributed by atoms with van der Waals surface area (Å²) in [5.41, 5.74) is 0.234. The van der Waals surface area contributed by atoms with Crippen molar-refractivity contribution in [3.63, 3.8) is 0 Å². The minimum atomic E-state index is -0.341. The normalized spacial score (nSPS) is 10.2. The van der Waals surface area contributed by atoms with Crippen molar-refractivity contribution < 1.29 is 9.32 Å². The maximum absolute atomic E-state index is 11.8. The first-order valence-electron chi connectivity index (χ1n) is 5.84. The molecule has 8 nitrogen and oxygen atoms in total. The van der Waals surface area contributed by atoms with Gasteiger partial charge in [0.05, 0.1) is 6.54 Å². The van der Waals surface area contributed by atoms with Gasteiger partial charge in [-0.1, -0.05) is 5.16 Å². The van der Waals surface area contributed by atoms with E-state index in [1.54, 1.807) is 19.1 Å². The third-order valence-corrected chi connectivity index (χ3v) is 2.22. The third kappa shape index (κ3) is 3.47. The molecule has 2 rings (SSSR count). The van der Waals surface area contributed by atoms with E-state index in [4.69, 9.17) is 4.52 Å². The number of hydrogen-bond acceptors (Lipinski definition) is 7. The molecular weight excluding hydrogens is 248 g/mol. The minimum absolute atomic E-state index is 0.163. The molecular formula is C11H14N6O2. The van der Waals surface area contributed by atoms with Crippen LogP contribution in [0.3, 0.4) is 0 Å². The average molecular weight is 262 g/mol. The topological polar surface area (TPSA) is 106 Å². The van der Waals surface area contributed by atoms with Gasteiger partial charge in [0.1, 0.15) is 5.82 Å². The van der Waals surface area contributed by atoms with Gasteiger partial charge in [-0.25, -0.2) is 0 Å². The number of carbonyl (C=O) groups is 1. The van der Waals surface area contributed by atoms with Crippen LogP contribution in [0.1, 0.15) is 29.1 Å². The summed E-state index contributed by atoms with van der Waals surface area (Å²) in [6.07, 6.45) is 0. The monoisotopic (exact) mass is 262 g/mol. The number of carbonyl (C=O) groups excluding carboxylic acids is 1. The summed E-state index contributed by atoms with van der Waals surface area (Å²) in [4.78, 5) is 15.7. The summed E-state index contributed by atoms with van der Waals surface area (Å²) in [6.45, 7) is 4.57. The predicted molar refractivity (Wildman–Crippen MR) is 66.4 cm³/mol. The zero-order valence-electron chi connectivity index (χ0n) is 10.7. The van der Waals surface area contributed by atoms with Crippen LogP contribution in [-0.4, -0.2) is 32.8 Å². The Kier molecular flexibility index (Phi) is 4.01. The summed E-state index contributed by atoms with van der Waals surface area (Å²) in [6, 6.07) is 3.29. The molecule has 100 valence electrons. The molecule has 0 aromatic carbocycles. The fourth-order valence-corrected chi connectivity index (χ4v) is 1.39. The van der Waals surface area contributed by atoms with Crippen LogP contribution >= 0.6 is 0 Å². The zero-order chi connectivity index (χ0) is 13.7. The van der Waals surface area contributed by atoms with Crippen LogP contribution in [0.15, 0.2) is 16.7 Å². The highest BCUT2D eigenvalue weighted by atomic mass is 16.5. The van der Waals surface area contributed by atoms with Crippen molar-refractivity contribution in [2.75, 3.05) is 11.9 Å². The largest absolute Gasteiger partial charge is 0.369 e. The van der Waals surface area contributed by atoms with E-state index in [1.165, 1.54) is 0 Å². The molecule has 2 N–H and O–H groups in total. The Morgan fingerprint density at radius 3 is 2.79 bits per heavy atom. The molecule has 1 amide bonds. The maximum Gasteiger partial charge on any atom is 0.272 e. The van der Waals surface area contributed by atoms with Gasteiger partial charge in [0, 0.05) is 6.54 Å². The maximum atomic E-state index is 11.8. The molecule has 2 heterocycles. The Labute approximate surface area is 109 Å². The molecule has 0 bridgehead atoms. The van der Waals surface area contributed by atoms with Gasteiger partial charge in [0.2, 0.25) is 5.89 Å². The molecule has 0 unspecified atom stereocenters. The van der Waals surface area contributed by atoms with Gasteiger partial charge < -0.3 is 15.2 Å². The number of aryl methyl sites for hydroxylation is 1. The Hall–Kier alpha value is -2.51. The van der Waals surface area contributed by atoms with Crippen LogP contribution in [0, 0.1) is 6.92 Å². The van der Waals surface area contributed by atoms with Crippen LogP contribution in [0.25, 0.3) is 0 Å². The van der Waals surface area contributed by atoms with E-state index in [-0.39, 0.29) is 18.1 Å². The summed E-state index contributed by atoms with van der Waals surface area (Å²) in [7, 11) is 0. The molecule has 0 radical (unpaired) electrons. The minimum Gasteiger partial charge on any atom is -0.369 e. The highest BCUT2D eigenvalue weighted by Crippen LogP contribution is 2.02. The van der Waals surface area contributed by atoms with E-state index >= 15 is 0 Å². The number of nitrogens with one attached hydrogen (secondary N) is 2. The standard InChI is InChI=1S/C11H14N6O2/c1-3-12-9-5-4-8(15-16-9)11(18)13-6-10-14-7(2)17-19-10/h4-5H,3,6H2,1-2H3,(H,12,16)(H,13,18). The molecule has 2 aromatic rings. The van der Waals surface area contributed by atoms with Crippen molar-refractivity contribution in [2.24, 2.45) is 0 Å². The lowest BCUT2D eigenvalue weighted by Crippen LogP contribution is -2.24. The van der Waals surface area contributed by atoms with Gasteiger partial charge in [-0.2, -0.15) is 4.98 Å². The molecule has 0 saturated heterocycles. The Morgan fingerprint density at radius 2 is 2.21 bits per heavy atom. The molecule has 8 heteroatoms. The molecule has 0 aliphatic carbocycles. The lowest BCUT2D eigenvalue weighted by molar-refractivity contribution is 0.0940. The molecule has 0 aliphatic heterocycles. The number of aromatic nitrogens is 4. The molecule has 0 fully saturated rings. The van der Waals surface area contributed by atoms with Gasteiger partial charge in [-0.3, -0.25) is 4.79 Å². The zero-order valence-corrected chi connectivity index (χ0v) is 10.7. The molecule has 19 heavy (non-hydrogen) atoms. The lowest BCUT2D eigenvalue weighted by atomic mass is 10.3. The number of rotatable bonds is 5. The van der Waals surface area contributed by atoms with Gasteiger partial charge in [-0.05, 0) is 26.0 Å². The summed E-state index contributed by atoms with van der Waals surface area (Å²) in [5, 5.41) is 16.9. The Balaban J connectivity index is 1.92. The quantitative estimate of drug-likeness (QED) is 0.809. The highest BCUT2D eigenvalue weighted by Gasteiger charge is 2.10. The number of hydrogen-bond donors (Lipinski definition) is 2. The van der Waals surface area contributed by atoms with Crippen LogP contribution in [0.5, 0.6) is 0 Å². The summed E-state index contributed by atoms with van der Waals surface area (Å²) < 4.78 is 4.88. The van der Waals surface area contributed by atoms with E-state index in [2.05, 4.69) is 31.0 Å². The first-order valence-corrected chi connectivity index (χ1v) is 5.84. The van der Waals surface area contributed by atoms with E-state index in [0.29, 0.717) is 17.5 Å². The SMILES string of the molecule is CCNc1ccc(C(=O)NCc2nc(C)no2)nn1. The van der Waals surface area contributed by atoms with Crippen molar-refractivity contribution in [3.05, 3.63) is 29.5 Å². The highest BCUT2D eigenvalue weighted by molar-refractivity contribution is 5.92. The van der Waals surface area contributed by atoms with Gasteiger partial charge in [0.15, 0.2) is 11.5 Å². The number of anilines is 1. The molecule has 0 aliphatic rings. The summed E-state index contributed by atoms with van der Waals surface area (Å²) >= 11 is 0. The van der Waals surface area contributed by atoms with Crippen molar-refractivity contribution in [2.45, 2.75) is 20.4 Å². The van der Waals surface area contributed by atoms with Crippen LogP contribution in [0.4, 0.5) is 5.82 Å². The fourth-order valence-electron chi connectivity index (χ4n) is 1.39. The second-order valence-electron chi connectivity index (χ2n) is 3.75. The Bertz CT molecular complexity index is 551. The average Bonchev–Trinajstić information content (AvgIpc) is 2.83. The molecule has 0 saturated carbocycles. The third-order valence-electron chi connectivity index (χ3n) is 2.22. The Morgan fingerprint density at radius 1 is 1.37 bits per heavy atom. The van der Waals surface area contributed by atoms with E-state index in [1.807, 2.05) is 6.92 Å². The van der Waals surface area contributed by atoms with Crippen molar-refractivity contribution in [3.8, 4) is 0 Å². The van der Waals surface area contributed by atoms with Crippen molar-refractivity contribution >= 4 is 11.7 Å². The van der Waals surface area contributed by atoms with Gasteiger partial charge in [-0.15, -0.1) is 10.2 Å². The first kappa shape index (κ1) is 12.9. The lowest BCUT2D eigenvalue weighted by Gasteiger charge is -2.03. The predicted octanol–water partition coefficient (Wildman–Crippen LogP) is 0.530. The summed E-state index contributed by atoms with van der Waals surface area (Å²) in [5.74, 6) is 1.17. The van der Waals surface area contributed by atoms with Gasteiger partial charge in [0.25, 0.3) is 5.91 Å². The number of nitrogens with zero attached hydrogens (tertiary/aromatic N) is 4. The smallest absolute Gasteiger partial charge is 0.272 e.